The van der Waals surface area contributed by atoms with Gasteiger partial charge in [0.05, 0.1) is 0 Å². The van der Waals surface area contributed by atoms with Crippen LogP contribution in [0.4, 0.5) is 0 Å². The molecule has 1 unspecified atom stereocenters. The van der Waals surface area contributed by atoms with E-state index < -0.39 is 0 Å². The summed E-state index contributed by atoms with van der Waals surface area (Å²) in [7, 11) is 0. The fourth-order valence-electron chi connectivity index (χ4n) is 2.56. The monoisotopic (exact) mass is 246 g/mol. The molecule has 0 saturated heterocycles. The summed E-state index contributed by atoms with van der Waals surface area (Å²) in [4.78, 5) is 0. The van der Waals surface area contributed by atoms with Gasteiger partial charge >= 0.3 is 0 Å². The van der Waals surface area contributed by atoms with Crippen molar-refractivity contribution in [2.75, 3.05) is 0 Å². The third-order valence-corrected chi connectivity index (χ3v) is 4.39. The summed E-state index contributed by atoms with van der Waals surface area (Å²) >= 11 is 6.51. The molecule has 1 heteroatoms. The molecule has 0 heterocycles. The lowest BCUT2D eigenvalue weighted by atomic mass is 9.72. The lowest BCUT2D eigenvalue weighted by Crippen LogP contribution is -2.30. The average Bonchev–Trinajstić information content (AvgIpc) is 2.28. The Morgan fingerprint density at radius 2 is 1.12 bits per heavy atom. The first-order valence-corrected chi connectivity index (χ1v) is 7.70. The van der Waals surface area contributed by atoms with Gasteiger partial charge in [0, 0.05) is 5.38 Å². The molecule has 0 aliphatic heterocycles. The van der Waals surface area contributed by atoms with Crippen LogP contribution in [-0.4, -0.2) is 5.38 Å². The molecule has 0 spiro atoms. The van der Waals surface area contributed by atoms with Crippen LogP contribution in [0, 0.1) is 5.41 Å². The number of unbranched alkanes of at least 4 members (excludes halogenated alkanes) is 3. The minimum atomic E-state index is 0.331. The maximum Gasteiger partial charge on any atom is 0.0364 e. The summed E-state index contributed by atoms with van der Waals surface area (Å²) in [6, 6.07) is 0. The lowest BCUT2D eigenvalue weighted by Gasteiger charge is -2.37. The van der Waals surface area contributed by atoms with Crippen LogP contribution < -0.4 is 0 Å². The largest absolute Gasteiger partial charge is 0.123 e. The smallest absolute Gasteiger partial charge is 0.0364 e. The summed E-state index contributed by atoms with van der Waals surface area (Å²) in [6.45, 7) is 9.05. The Morgan fingerprint density at radius 3 is 1.31 bits per heavy atom. The third-order valence-electron chi connectivity index (χ3n) is 3.93. The van der Waals surface area contributed by atoms with Crippen LogP contribution >= 0.6 is 11.6 Å². The van der Waals surface area contributed by atoms with E-state index in [-0.39, 0.29) is 0 Å². The van der Waals surface area contributed by atoms with Crippen molar-refractivity contribution in [2.45, 2.75) is 90.9 Å². The molecule has 0 fully saturated rings. The van der Waals surface area contributed by atoms with Gasteiger partial charge in [-0.15, -0.1) is 11.6 Å². The normalized spacial score (nSPS) is 14.1. The second-order valence-corrected chi connectivity index (χ2v) is 5.94. The number of alkyl halides is 1. The van der Waals surface area contributed by atoms with E-state index in [1.807, 2.05) is 0 Å². The van der Waals surface area contributed by atoms with E-state index in [0.717, 1.165) is 0 Å². The predicted octanol–water partition coefficient (Wildman–Crippen LogP) is 6.17. The van der Waals surface area contributed by atoms with Crippen LogP contribution in [-0.2, 0) is 0 Å². The zero-order chi connectivity index (χ0) is 12.4. The lowest BCUT2D eigenvalue weighted by molar-refractivity contribution is 0.196. The molecule has 0 aliphatic rings. The van der Waals surface area contributed by atoms with Gasteiger partial charge in [-0.3, -0.25) is 0 Å². The summed E-state index contributed by atoms with van der Waals surface area (Å²) in [5, 5.41) is 0.331. The molecule has 0 aromatic carbocycles. The van der Waals surface area contributed by atoms with Gasteiger partial charge in [0.25, 0.3) is 0 Å². The maximum atomic E-state index is 6.51. The molecule has 0 aliphatic carbocycles. The topological polar surface area (TPSA) is 0 Å². The van der Waals surface area contributed by atoms with Crippen molar-refractivity contribution in [3.63, 3.8) is 0 Å². The molecular weight excluding hydrogens is 216 g/mol. The van der Waals surface area contributed by atoms with E-state index in [9.17, 15) is 0 Å². The van der Waals surface area contributed by atoms with Crippen molar-refractivity contribution < 1.29 is 0 Å². The number of rotatable bonds is 10. The molecule has 0 aromatic heterocycles. The van der Waals surface area contributed by atoms with E-state index in [4.69, 9.17) is 11.6 Å². The van der Waals surface area contributed by atoms with Gasteiger partial charge in [-0.1, -0.05) is 59.3 Å². The standard InChI is InChI=1S/C15H31Cl/c1-5-8-11-15(14(4)16,12-9-6-2)13-10-7-3/h14H,5-13H2,1-4H3. The van der Waals surface area contributed by atoms with E-state index in [2.05, 4.69) is 27.7 Å². The number of hydrogen-bond acceptors (Lipinski definition) is 0. The Labute approximate surface area is 108 Å². The number of halogens is 1. The summed E-state index contributed by atoms with van der Waals surface area (Å²) in [5.74, 6) is 0. The minimum absolute atomic E-state index is 0.331. The Balaban J connectivity index is 4.46. The third kappa shape index (κ3) is 5.57. The second-order valence-electron chi connectivity index (χ2n) is 5.29. The van der Waals surface area contributed by atoms with Crippen molar-refractivity contribution in [1.82, 2.24) is 0 Å². The first kappa shape index (κ1) is 16.3. The van der Waals surface area contributed by atoms with Crippen molar-refractivity contribution in [3.8, 4) is 0 Å². The quantitative estimate of drug-likeness (QED) is 0.404. The molecule has 0 aromatic rings. The highest BCUT2D eigenvalue weighted by Gasteiger charge is 2.33. The fourth-order valence-corrected chi connectivity index (χ4v) is 2.89. The van der Waals surface area contributed by atoms with Crippen LogP contribution in [0.25, 0.3) is 0 Å². The summed E-state index contributed by atoms with van der Waals surface area (Å²) in [5.41, 5.74) is 0.420. The summed E-state index contributed by atoms with van der Waals surface area (Å²) < 4.78 is 0. The van der Waals surface area contributed by atoms with E-state index in [1.54, 1.807) is 0 Å². The Kier molecular flexibility index (Phi) is 9.50. The molecule has 98 valence electrons. The SMILES string of the molecule is CCCCC(CCCC)(CCCC)C(C)Cl. The van der Waals surface area contributed by atoms with Gasteiger partial charge in [0.2, 0.25) is 0 Å². The zero-order valence-corrected chi connectivity index (χ0v) is 12.6. The molecule has 0 saturated carbocycles. The fraction of sp³-hybridized carbons (Fsp3) is 1.00. The van der Waals surface area contributed by atoms with Crippen molar-refractivity contribution >= 4 is 11.6 Å². The molecule has 1 atom stereocenters. The second kappa shape index (κ2) is 9.33. The van der Waals surface area contributed by atoms with Gasteiger partial charge in [0.1, 0.15) is 0 Å². The molecule has 0 rings (SSSR count). The number of hydrogen-bond donors (Lipinski definition) is 0. The van der Waals surface area contributed by atoms with E-state index in [0.29, 0.717) is 10.8 Å². The maximum absolute atomic E-state index is 6.51. The predicted molar refractivity (Wildman–Crippen MR) is 76.3 cm³/mol. The molecular formula is C15H31Cl. The molecule has 0 amide bonds. The van der Waals surface area contributed by atoms with Gasteiger partial charge in [-0.05, 0) is 31.6 Å². The van der Waals surface area contributed by atoms with Gasteiger partial charge in [-0.25, -0.2) is 0 Å². The van der Waals surface area contributed by atoms with Crippen molar-refractivity contribution in [3.05, 3.63) is 0 Å². The van der Waals surface area contributed by atoms with Crippen LogP contribution in [0.3, 0.4) is 0 Å². The van der Waals surface area contributed by atoms with Gasteiger partial charge < -0.3 is 0 Å². The molecule has 0 nitrogen and oxygen atoms in total. The average molecular weight is 247 g/mol. The zero-order valence-electron chi connectivity index (χ0n) is 11.8. The van der Waals surface area contributed by atoms with Crippen LogP contribution in [0.2, 0.25) is 0 Å². The summed E-state index contributed by atoms with van der Waals surface area (Å²) in [6.07, 6.45) is 11.9. The Morgan fingerprint density at radius 1 is 0.812 bits per heavy atom. The first-order chi connectivity index (χ1) is 7.63. The minimum Gasteiger partial charge on any atom is -0.123 e. The molecule has 16 heavy (non-hydrogen) atoms. The molecule has 0 bridgehead atoms. The first-order valence-electron chi connectivity index (χ1n) is 7.27. The highest BCUT2D eigenvalue weighted by molar-refractivity contribution is 6.20. The van der Waals surface area contributed by atoms with Crippen LogP contribution in [0.15, 0.2) is 0 Å². The van der Waals surface area contributed by atoms with E-state index in [1.165, 1.54) is 57.8 Å². The van der Waals surface area contributed by atoms with Crippen molar-refractivity contribution in [1.29, 1.82) is 0 Å². The van der Waals surface area contributed by atoms with Crippen LogP contribution in [0.5, 0.6) is 0 Å². The highest BCUT2D eigenvalue weighted by Crippen LogP contribution is 2.42. The van der Waals surface area contributed by atoms with Crippen LogP contribution in [0.1, 0.15) is 85.5 Å². The molecule has 0 radical (unpaired) electrons. The van der Waals surface area contributed by atoms with E-state index >= 15 is 0 Å². The van der Waals surface area contributed by atoms with Gasteiger partial charge in [0.15, 0.2) is 0 Å². The van der Waals surface area contributed by atoms with Crippen molar-refractivity contribution in [2.24, 2.45) is 5.41 Å². The Hall–Kier alpha value is 0.290. The Bertz CT molecular complexity index is 130. The van der Waals surface area contributed by atoms with Gasteiger partial charge in [-0.2, -0.15) is 0 Å². The highest BCUT2D eigenvalue weighted by atomic mass is 35.5. The molecule has 0 N–H and O–H groups in total.